The van der Waals surface area contributed by atoms with Crippen LogP contribution in [0.25, 0.3) is 0 Å². The zero-order chi connectivity index (χ0) is 9.23. The van der Waals surface area contributed by atoms with Crippen LogP contribution >= 0.6 is 0 Å². The second-order valence-electron chi connectivity index (χ2n) is 2.82. The lowest BCUT2D eigenvalue weighted by atomic mass is 10.1. The first-order valence-electron chi connectivity index (χ1n) is 4.81. The number of hydrogen-bond donors (Lipinski definition) is 0. The van der Waals surface area contributed by atoms with Crippen LogP contribution in [-0.2, 0) is 0 Å². The van der Waals surface area contributed by atoms with Gasteiger partial charge in [-0.05, 0) is 25.7 Å². The van der Waals surface area contributed by atoms with E-state index in [2.05, 4.69) is 44.2 Å². The third-order valence-corrected chi connectivity index (χ3v) is 1.75. The lowest BCUT2D eigenvalue weighted by Gasteiger charge is -2.00. The summed E-state index contributed by atoms with van der Waals surface area (Å²) in [7, 11) is 0. The predicted octanol–water partition coefficient (Wildman–Crippen LogP) is 4.11. The summed E-state index contributed by atoms with van der Waals surface area (Å²) in [4.78, 5) is 0. The standard InChI is InChI=1S/C12H20/c1-4-7-9-11-12(6-3)10-8-5-2/h4,7-12H,5-6H2,1-3H3/b7-4-,10-8-,11-9-. The zero-order valence-electron chi connectivity index (χ0n) is 8.46. The second kappa shape index (κ2) is 8.32. The summed E-state index contributed by atoms with van der Waals surface area (Å²) in [5.41, 5.74) is 0. The van der Waals surface area contributed by atoms with Crippen molar-refractivity contribution in [2.24, 2.45) is 5.92 Å². The summed E-state index contributed by atoms with van der Waals surface area (Å²) < 4.78 is 0. The SMILES string of the molecule is C/C=C\C=C/C(/C=C\CC)CC. The van der Waals surface area contributed by atoms with Gasteiger partial charge in [0.15, 0.2) is 0 Å². The van der Waals surface area contributed by atoms with E-state index in [-0.39, 0.29) is 0 Å². The van der Waals surface area contributed by atoms with Gasteiger partial charge in [0.05, 0.1) is 0 Å². The summed E-state index contributed by atoms with van der Waals surface area (Å²) >= 11 is 0. The average Bonchev–Trinajstić information content (AvgIpc) is 2.11. The minimum absolute atomic E-state index is 0.612. The molecule has 0 spiro atoms. The van der Waals surface area contributed by atoms with Crippen molar-refractivity contribution >= 4 is 0 Å². The molecule has 0 rings (SSSR count). The van der Waals surface area contributed by atoms with Crippen molar-refractivity contribution in [3.63, 3.8) is 0 Å². The van der Waals surface area contributed by atoms with Crippen LogP contribution in [0.5, 0.6) is 0 Å². The molecule has 68 valence electrons. The van der Waals surface area contributed by atoms with E-state index in [0.29, 0.717) is 5.92 Å². The van der Waals surface area contributed by atoms with Crippen molar-refractivity contribution in [2.45, 2.75) is 33.6 Å². The van der Waals surface area contributed by atoms with Gasteiger partial charge in [-0.15, -0.1) is 0 Å². The third-order valence-electron chi connectivity index (χ3n) is 1.75. The van der Waals surface area contributed by atoms with Crippen LogP contribution in [0.3, 0.4) is 0 Å². The van der Waals surface area contributed by atoms with E-state index in [1.807, 2.05) is 13.0 Å². The Kier molecular flexibility index (Phi) is 7.78. The van der Waals surface area contributed by atoms with Crippen LogP contribution in [0.15, 0.2) is 36.5 Å². The normalized spacial score (nSPS) is 15.2. The fourth-order valence-corrected chi connectivity index (χ4v) is 0.965. The van der Waals surface area contributed by atoms with E-state index >= 15 is 0 Å². The molecule has 1 unspecified atom stereocenters. The molecule has 0 N–H and O–H groups in total. The molecular formula is C12H20. The maximum atomic E-state index is 2.28. The molecule has 0 aliphatic carbocycles. The van der Waals surface area contributed by atoms with Crippen molar-refractivity contribution in [1.29, 1.82) is 0 Å². The van der Waals surface area contributed by atoms with Crippen molar-refractivity contribution < 1.29 is 0 Å². The molecule has 0 amide bonds. The number of rotatable bonds is 5. The lowest BCUT2D eigenvalue weighted by Crippen LogP contribution is -1.86. The van der Waals surface area contributed by atoms with Gasteiger partial charge >= 0.3 is 0 Å². The van der Waals surface area contributed by atoms with E-state index in [0.717, 1.165) is 6.42 Å². The molecule has 0 nitrogen and oxygen atoms in total. The molecule has 0 heterocycles. The lowest BCUT2D eigenvalue weighted by molar-refractivity contribution is 0.770. The molecule has 0 heteroatoms. The molecular weight excluding hydrogens is 144 g/mol. The van der Waals surface area contributed by atoms with Crippen LogP contribution in [-0.4, -0.2) is 0 Å². The first kappa shape index (κ1) is 11.2. The van der Waals surface area contributed by atoms with Crippen molar-refractivity contribution in [3.05, 3.63) is 36.5 Å². The fourth-order valence-electron chi connectivity index (χ4n) is 0.965. The van der Waals surface area contributed by atoms with Crippen LogP contribution in [0.2, 0.25) is 0 Å². The maximum absolute atomic E-state index is 2.28. The Labute approximate surface area is 76.7 Å². The second-order valence-corrected chi connectivity index (χ2v) is 2.82. The Morgan fingerprint density at radius 1 is 1.08 bits per heavy atom. The Hall–Kier alpha value is -0.780. The molecule has 1 atom stereocenters. The highest BCUT2D eigenvalue weighted by molar-refractivity contribution is 5.07. The van der Waals surface area contributed by atoms with Gasteiger partial charge in [0, 0.05) is 0 Å². The highest BCUT2D eigenvalue weighted by Gasteiger charge is 1.92. The van der Waals surface area contributed by atoms with Crippen molar-refractivity contribution in [1.82, 2.24) is 0 Å². The monoisotopic (exact) mass is 164 g/mol. The van der Waals surface area contributed by atoms with E-state index in [1.54, 1.807) is 0 Å². The van der Waals surface area contributed by atoms with Gasteiger partial charge in [0.2, 0.25) is 0 Å². The molecule has 0 aromatic carbocycles. The fraction of sp³-hybridized carbons (Fsp3) is 0.500. The molecule has 0 fully saturated rings. The van der Waals surface area contributed by atoms with Gasteiger partial charge < -0.3 is 0 Å². The van der Waals surface area contributed by atoms with Crippen molar-refractivity contribution in [3.8, 4) is 0 Å². The molecule has 0 radical (unpaired) electrons. The molecule has 0 saturated carbocycles. The van der Waals surface area contributed by atoms with Crippen LogP contribution in [0, 0.1) is 5.92 Å². The smallest absolute Gasteiger partial charge is 0.00530 e. The van der Waals surface area contributed by atoms with Crippen LogP contribution in [0.1, 0.15) is 33.6 Å². The van der Waals surface area contributed by atoms with E-state index in [4.69, 9.17) is 0 Å². The Balaban J connectivity index is 3.89. The minimum atomic E-state index is 0.612. The van der Waals surface area contributed by atoms with Gasteiger partial charge in [-0.3, -0.25) is 0 Å². The molecule has 0 bridgehead atoms. The molecule has 0 saturated heterocycles. The third kappa shape index (κ3) is 5.96. The first-order valence-corrected chi connectivity index (χ1v) is 4.81. The summed E-state index contributed by atoms with van der Waals surface area (Å²) in [6.45, 7) is 6.41. The summed E-state index contributed by atoms with van der Waals surface area (Å²) in [6.07, 6.45) is 15.3. The molecule has 12 heavy (non-hydrogen) atoms. The topological polar surface area (TPSA) is 0 Å². The molecule has 0 aromatic heterocycles. The Bertz CT molecular complexity index is 161. The van der Waals surface area contributed by atoms with E-state index in [9.17, 15) is 0 Å². The highest BCUT2D eigenvalue weighted by Crippen LogP contribution is 2.06. The zero-order valence-corrected chi connectivity index (χ0v) is 8.46. The quantitative estimate of drug-likeness (QED) is 0.423. The summed E-state index contributed by atoms with van der Waals surface area (Å²) in [5.74, 6) is 0.612. The Morgan fingerprint density at radius 2 is 1.83 bits per heavy atom. The van der Waals surface area contributed by atoms with Crippen LogP contribution in [0.4, 0.5) is 0 Å². The molecule has 0 aliphatic heterocycles. The first-order chi connectivity index (χ1) is 5.85. The minimum Gasteiger partial charge on any atom is -0.0882 e. The van der Waals surface area contributed by atoms with E-state index < -0.39 is 0 Å². The average molecular weight is 164 g/mol. The van der Waals surface area contributed by atoms with Gasteiger partial charge in [0.1, 0.15) is 0 Å². The summed E-state index contributed by atoms with van der Waals surface area (Å²) in [5, 5.41) is 0. The maximum Gasteiger partial charge on any atom is -0.00530 e. The van der Waals surface area contributed by atoms with Gasteiger partial charge in [0.25, 0.3) is 0 Å². The molecule has 0 aliphatic rings. The van der Waals surface area contributed by atoms with Gasteiger partial charge in [-0.2, -0.15) is 0 Å². The summed E-state index contributed by atoms with van der Waals surface area (Å²) in [6, 6.07) is 0. The molecule has 0 aromatic rings. The van der Waals surface area contributed by atoms with Crippen LogP contribution < -0.4 is 0 Å². The number of allylic oxidation sites excluding steroid dienone is 6. The predicted molar refractivity (Wildman–Crippen MR) is 57.2 cm³/mol. The van der Waals surface area contributed by atoms with E-state index in [1.165, 1.54) is 6.42 Å². The van der Waals surface area contributed by atoms with Gasteiger partial charge in [-0.25, -0.2) is 0 Å². The van der Waals surface area contributed by atoms with Crippen molar-refractivity contribution in [2.75, 3.05) is 0 Å². The number of hydrogen-bond acceptors (Lipinski definition) is 0. The van der Waals surface area contributed by atoms with Gasteiger partial charge in [-0.1, -0.05) is 50.3 Å². The Morgan fingerprint density at radius 3 is 2.33 bits per heavy atom. The largest absolute Gasteiger partial charge is 0.0882 e. The highest BCUT2D eigenvalue weighted by atomic mass is 14.0.